The van der Waals surface area contributed by atoms with Gasteiger partial charge in [-0.2, -0.15) is 0 Å². The molecule has 0 bridgehead atoms. The quantitative estimate of drug-likeness (QED) is 0.609. The maximum absolute atomic E-state index is 13.4. The molecule has 4 heteroatoms. The Bertz CT molecular complexity index is 415. The van der Waals surface area contributed by atoms with E-state index in [1.807, 2.05) is 0 Å². The summed E-state index contributed by atoms with van der Waals surface area (Å²) in [6.45, 7) is 0. The lowest BCUT2D eigenvalue weighted by Crippen LogP contribution is -2.15. The lowest BCUT2D eigenvalue weighted by molar-refractivity contribution is 0.0967. The molecule has 1 nitrogen and oxygen atoms in total. The first-order chi connectivity index (χ1) is 6.61. The van der Waals surface area contributed by atoms with Gasteiger partial charge in [-0.3, -0.25) is 4.79 Å². The number of hydrogen-bond acceptors (Lipinski definition) is 1. The van der Waals surface area contributed by atoms with E-state index in [1.165, 1.54) is 0 Å². The number of fused-ring (bicyclic) bond motifs is 1. The Balaban J connectivity index is 2.72. The minimum absolute atomic E-state index is 0.113. The van der Waals surface area contributed by atoms with Gasteiger partial charge >= 0.3 is 0 Å². The molecule has 2 rings (SSSR count). The molecule has 1 aromatic rings. The van der Waals surface area contributed by atoms with Crippen molar-refractivity contribution in [3.63, 3.8) is 0 Å². The molecule has 0 saturated carbocycles. The highest BCUT2D eigenvalue weighted by Crippen LogP contribution is 2.30. The molecule has 0 saturated heterocycles. The van der Waals surface area contributed by atoms with Crippen molar-refractivity contribution in [1.29, 1.82) is 0 Å². The van der Waals surface area contributed by atoms with Gasteiger partial charge in [0.05, 0.1) is 10.6 Å². The van der Waals surface area contributed by atoms with Crippen molar-refractivity contribution in [1.82, 2.24) is 0 Å². The van der Waals surface area contributed by atoms with Crippen LogP contribution in [-0.2, 0) is 6.42 Å². The van der Waals surface area contributed by atoms with Gasteiger partial charge in [0.1, 0.15) is 11.6 Å². The molecule has 0 unspecified atom stereocenters. The second-order valence-electron chi connectivity index (χ2n) is 3.28. The number of rotatable bonds is 0. The van der Waals surface area contributed by atoms with E-state index in [0.29, 0.717) is 12.8 Å². The molecular formula is C10H7ClF2O. The van der Waals surface area contributed by atoms with Crippen LogP contribution in [0.3, 0.4) is 0 Å². The van der Waals surface area contributed by atoms with Crippen LogP contribution in [0.15, 0.2) is 6.07 Å². The van der Waals surface area contributed by atoms with Crippen LogP contribution in [-0.4, -0.2) is 5.78 Å². The molecule has 74 valence electrons. The zero-order valence-electron chi connectivity index (χ0n) is 7.24. The van der Waals surface area contributed by atoms with E-state index in [1.54, 1.807) is 0 Å². The van der Waals surface area contributed by atoms with E-state index in [4.69, 9.17) is 11.6 Å². The molecule has 0 radical (unpaired) electrons. The number of Topliss-reactive ketones (excluding diaryl/α,β-unsaturated/α-hetero) is 1. The summed E-state index contributed by atoms with van der Waals surface area (Å²) in [6, 6.07) is 0.860. The van der Waals surface area contributed by atoms with Crippen LogP contribution < -0.4 is 0 Å². The fourth-order valence-corrected chi connectivity index (χ4v) is 1.94. The monoisotopic (exact) mass is 216 g/mol. The second kappa shape index (κ2) is 3.31. The minimum atomic E-state index is -0.712. The van der Waals surface area contributed by atoms with E-state index in [9.17, 15) is 13.6 Å². The molecule has 1 aliphatic carbocycles. The Morgan fingerprint density at radius 3 is 2.71 bits per heavy atom. The van der Waals surface area contributed by atoms with Crippen molar-refractivity contribution in [3.8, 4) is 0 Å². The van der Waals surface area contributed by atoms with Gasteiger partial charge in [0, 0.05) is 12.0 Å². The molecule has 0 amide bonds. The predicted octanol–water partition coefficient (Wildman–Crippen LogP) is 3.14. The van der Waals surface area contributed by atoms with Crippen LogP contribution in [0.5, 0.6) is 0 Å². The number of hydrogen-bond donors (Lipinski definition) is 0. The predicted molar refractivity (Wildman–Crippen MR) is 48.6 cm³/mol. The van der Waals surface area contributed by atoms with Crippen molar-refractivity contribution in [2.45, 2.75) is 19.3 Å². The average molecular weight is 217 g/mol. The maximum Gasteiger partial charge on any atom is 0.166 e. The summed E-state index contributed by atoms with van der Waals surface area (Å²) in [5.41, 5.74) is 0.0180. The molecule has 0 aliphatic heterocycles. The van der Waals surface area contributed by atoms with Gasteiger partial charge in [0.25, 0.3) is 0 Å². The van der Waals surface area contributed by atoms with Crippen LogP contribution >= 0.6 is 11.6 Å². The van der Waals surface area contributed by atoms with Crippen molar-refractivity contribution in [2.75, 3.05) is 0 Å². The van der Waals surface area contributed by atoms with Crippen LogP contribution in [0.2, 0.25) is 5.02 Å². The van der Waals surface area contributed by atoms with E-state index >= 15 is 0 Å². The van der Waals surface area contributed by atoms with Crippen molar-refractivity contribution in [3.05, 3.63) is 33.9 Å². The largest absolute Gasteiger partial charge is 0.294 e. The summed E-state index contributed by atoms with van der Waals surface area (Å²) in [5.74, 6) is -1.70. The van der Waals surface area contributed by atoms with Crippen molar-refractivity contribution in [2.24, 2.45) is 0 Å². The molecule has 0 atom stereocenters. The van der Waals surface area contributed by atoms with Crippen molar-refractivity contribution >= 4 is 17.4 Å². The first-order valence-electron chi connectivity index (χ1n) is 4.31. The highest BCUT2D eigenvalue weighted by Gasteiger charge is 2.25. The molecule has 1 aromatic carbocycles. The zero-order valence-corrected chi connectivity index (χ0v) is 8.00. The Hall–Kier alpha value is -0.960. The molecule has 0 spiro atoms. The van der Waals surface area contributed by atoms with E-state index in [2.05, 4.69) is 0 Å². The summed E-state index contributed by atoms with van der Waals surface area (Å²) in [6.07, 6.45) is 1.22. The first kappa shape index (κ1) is 9.59. The Morgan fingerprint density at radius 2 is 2.00 bits per heavy atom. The van der Waals surface area contributed by atoms with Gasteiger partial charge in [-0.25, -0.2) is 8.78 Å². The lowest BCUT2D eigenvalue weighted by atomic mass is 9.90. The number of halogens is 3. The van der Waals surface area contributed by atoms with Crippen molar-refractivity contribution < 1.29 is 13.6 Å². The molecule has 1 aliphatic rings. The Kier molecular flexibility index (Phi) is 2.27. The number of carbonyl (C=O) groups excluding carboxylic acids is 1. The van der Waals surface area contributed by atoms with Gasteiger partial charge in [-0.05, 0) is 18.9 Å². The van der Waals surface area contributed by atoms with E-state index in [0.717, 1.165) is 6.07 Å². The highest BCUT2D eigenvalue weighted by atomic mass is 35.5. The zero-order chi connectivity index (χ0) is 10.3. The maximum atomic E-state index is 13.4. The van der Waals surface area contributed by atoms with E-state index in [-0.39, 0.29) is 28.4 Å². The normalized spacial score (nSPS) is 15.5. The molecule has 0 aromatic heterocycles. The average Bonchev–Trinajstić information content (AvgIpc) is 2.14. The summed E-state index contributed by atoms with van der Waals surface area (Å²) in [4.78, 5) is 11.3. The topological polar surface area (TPSA) is 17.1 Å². The highest BCUT2D eigenvalue weighted by molar-refractivity contribution is 6.31. The van der Waals surface area contributed by atoms with Crippen LogP contribution in [0.25, 0.3) is 0 Å². The molecule has 0 N–H and O–H groups in total. The fourth-order valence-electron chi connectivity index (χ4n) is 1.73. The fraction of sp³-hybridized carbons (Fsp3) is 0.300. The summed E-state index contributed by atoms with van der Waals surface area (Å²) in [7, 11) is 0. The minimum Gasteiger partial charge on any atom is -0.294 e. The number of benzene rings is 1. The summed E-state index contributed by atoms with van der Waals surface area (Å²) < 4.78 is 26.7. The molecule has 14 heavy (non-hydrogen) atoms. The molecular weight excluding hydrogens is 210 g/mol. The number of carbonyl (C=O) groups is 1. The third-order valence-electron chi connectivity index (χ3n) is 2.38. The van der Waals surface area contributed by atoms with Gasteiger partial charge in [0.2, 0.25) is 0 Å². The lowest BCUT2D eigenvalue weighted by Gasteiger charge is -2.16. The SMILES string of the molecule is O=C1CCCc2c(F)c(Cl)cc(F)c21. The first-order valence-corrected chi connectivity index (χ1v) is 4.68. The second-order valence-corrected chi connectivity index (χ2v) is 3.69. The van der Waals surface area contributed by atoms with Crippen LogP contribution in [0.1, 0.15) is 28.8 Å². The molecule has 0 heterocycles. The van der Waals surface area contributed by atoms with Gasteiger partial charge in [-0.15, -0.1) is 0 Å². The van der Waals surface area contributed by atoms with Gasteiger partial charge < -0.3 is 0 Å². The van der Waals surface area contributed by atoms with Gasteiger partial charge in [0.15, 0.2) is 5.78 Å². The van der Waals surface area contributed by atoms with Crippen LogP contribution in [0, 0.1) is 11.6 Å². The summed E-state index contributed by atoms with van der Waals surface area (Å²) >= 11 is 5.47. The Labute approximate surface area is 84.7 Å². The number of ketones is 1. The third kappa shape index (κ3) is 1.32. The van der Waals surface area contributed by atoms with Crippen LogP contribution in [0.4, 0.5) is 8.78 Å². The van der Waals surface area contributed by atoms with E-state index < -0.39 is 11.6 Å². The third-order valence-corrected chi connectivity index (χ3v) is 2.65. The van der Waals surface area contributed by atoms with Gasteiger partial charge in [-0.1, -0.05) is 11.6 Å². The molecule has 0 fully saturated rings. The Morgan fingerprint density at radius 1 is 1.29 bits per heavy atom. The standard InChI is InChI=1S/C10H7ClF2O/c11-6-4-7(12)9-5(10(6)13)2-1-3-8(9)14/h4H,1-3H2. The smallest absolute Gasteiger partial charge is 0.166 e. The summed E-state index contributed by atoms with van der Waals surface area (Å²) in [5, 5.41) is -0.254.